The molecule has 2 heterocycles. The standard InChI is InChI=1S/C15H14ClF3N4O3/c16-9-4-8(15(17,18)19)7-23-10(21-22-12(9)23)6-20-11(24)5-14(13(25)26)2-1-3-14/h4,7H,1-3,5-6H2,(H,20,24)(H,25,26). The van der Waals surface area contributed by atoms with Gasteiger partial charge in [-0.15, -0.1) is 10.2 Å². The number of amides is 1. The summed E-state index contributed by atoms with van der Waals surface area (Å²) in [6, 6.07) is 0.751. The molecule has 0 bridgehead atoms. The Hall–Kier alpha value is -2.36. The first-order valence-electron chi connectivity index (χ1n) is 7.73. The third kappa shape index (κ3) is 3.33. The minimum absolute atomic E-state index is 0.0323. The summed E-state index contributed by atoms with van der Waals surface area (Å²) in [6.07, 6.45) is -2.39. The number of aliphatic carboxylic acids is 1. The van der Waals surface area contributed by atoms with Gasteiger partial charge in [-0.2, -0.15) is 13.2 Å². The molecular weight excluding hydrogens is 377 g/mol. The van der Waals surface area contributed by atoms with E-state index in [1.54, 1.807) is 0 Å². The number of nitrogens with zero attached hydrogens (tertiary/aromatic N) is 3. The van der Waals surface area contributed by atoms with Crippen LogP contribution in [0.3, 0.4) is 0 Å². The Morgan fingerprint density at radius 1 is 1.35 bits per heavy atom. The number of nitrogens with one attached hydrogen (secondary N) is 1. The lowest BCUT2D eigenvalue weighted by Crippen LogP contribution is -2.42. The van der Waals surface area contributed by atoms with Gasteiger partial charge in [0.1, 0.15) is 0 Å². The van der Waals surface area contributed by atoms with Gasteiger partial charge in [-0.1, -0.05) is 18.0 Å². The van der Waals surface area contributed by atoms with Crippen molar-refractivity contribution in [2.75, 3.05) is 0 Å². The number of pyridine rings is 1. The van der Waals surface area contributed by atoms with E-state index < -0.39 is 29.0 Å². The normalized spacial score (nSPS) is 16.3. The zero-order valence-corrected chi connectivity index (χ0v) is 14.1. The van der Waals surface area contributed by atoms with Crippen molar-refractivity contribution >= 4 is 29.1 Å². The molecule has 2 aromatic rings. The van der Waals surface area contributed by atoms with Crippen LogP contribution in [0.2, 0.25) is 5.02 Å². The van der Waals surface area contributed by atoms with Crippen molar-refractivity contribution in [3.8, 4) is 0 Å². The number of hydrogen-bond donors (Lipinski definition) is 2. The van der Waals surface area contributed by atoms with E-state index in [1.807, 2.05) is 0 Å². The summed E-state index contributed by atoms with van der Waals surface area (Å²) in [5.41, 5.74) is -1.99. The molecule has 0 atom stereocenters. The van der Waals surface area contributed by atoms with Gasteiger partial charge in [0.25, 0.3) is 0 Å². The van der Waals surface area contributed by atoms with Gasteiger partial charge in [-0.3, -0.25) is 14.0 Å². The number of rotatable bonds is 5. The molecule has 0 spiro atoms. The summed E-state index contributed by atoms with van der Waals surface area (Å²) < 4.78 is 39.8. The van der Waals surface area contributed by atoms with Gasteiger partial charge < -0.3 is 10.4 Å². The second-order valence-electron chi connectivity index (χ2n) is 6.28. The lowest BCUT2D eigenvalue weighted by molar-refractivity contribution is -0.157. The van der Waals surface area contributed by atoms with Gasteiger partial charge in [0.2, 0.25) is 5.91 Å². The molecule has 0 saturated heterocycles. The summed E-state index contributed by atoms with van der Waals surface area (Å²) >= 11 is 5.82. The van der Waals surface area contributed by atoms with Gasteiger partial charge in [0, 0.05) is 12.6 Å². The van der Waals surface area contributed by atoms with Crippen LogP contribution in [0.5, 0.6) is 0 Å². The second-order valence-corrected chi connectivity index (χ2v) is 6.68. The minimum atomic E-state index is -4.60. The number of halogens is 4. The lowest BCUT2D eigenvalue weighted by atomic mass is 9.66. The smallest absolute Gasteiger partial charge is 0.417 e. The third-order valence-electron chi connectivity index (χ3n) is 4.56. The average molecular weight is 391 g/mol. The van der Waals surface area contributed by atoms with Crippen LogP contribution in [0.4, 0.5) is 13.2 Å². The molecule has 1 aliphatic rings. The Morgan fingerprint density at radius 3 is 2.58 bits per heavy atom. The van der Waals surface area contributed by atoms with E-state index in [4.69, 9.17) is 11.6 Å². The largest absolute Gasteiger partial charge is 0.481 e. The SMILES string of the molecule is O=C(CC1(C(=O)O)CCC1)NCc1nnc2c(Cl)cc(C(F)(F)F)cn12. The number of carboxylic acid groups (broad SMARTS) is 1. The molecule has 1 saturated carbocycles. The first kappa shape index (κ1) is 18.4. The first-order valence-corrected chi connectivity index (χ1v) is 8.11. The van der Waals surface area contributed by atoms with Gasteiger partial charge >= 0.3 is 12.1 Å². The Labute approximate surface area is 150 Å². The number of carbonyl (C=O) groups is 2. The number of hydrogen-bond acceptors (Lipinski definition) is 4. The summed E-state index contributed by atoms with van der Waals surface area (Å²) in [4.78, 5) is 23.3. The molecule has 0 radical (unpaired) electrons. The third-order valence-corrected chi connectivity index (χ3v) is 4.84. The maximum absolute atomic E-state index is 12.9. The van der Waals surface area contributed by atoms with Crippen LogP contribution in [0, 0.1) is 5.41 Å². The number of alkyl halides is 3. The Bertz CT molecular complexity index is 877. The van der Waals surface area contributed by atoms with Crippen molar-refractivity contribution in [1.29, 1.82) is 0 Å². The summed E-state index contributed by atoms with van der Waals surface area (Å²) in [7, 11) is 0. The van der Waals surface area contributed by atoms with E-state index in [0.717, 1.165) is 23.1 Å². The van der Waals surface area contributed by atoms with Crippen LogP contribution in [-0.4, -0.2) is 31.6 Å². The highest BCUT2D eigenvalue weighted by Crippen LogP contribution is 2.44. The molecule has 1 aliphatic carbocycles. The minimum Gasteiger partial charge on any atom is -0.481 e. The van der Waals surface area contributed by atoms with Gasteiger partial charge in [0.05, 0.1) is 22.5 Å². The monoisotopic (exact) mass is 390 g/mol. The molecule has 140 valence electrons. The number of carboxylic acids is 1. The van der Waals surface area contributed by atoms with Crippen molar-refractivity contribution in [3.63, 3.8) is 0 Å². The van der Waals surface area contributed by atoms with Gasteiger partial charge in [-0.25, -0.2) is 0 Å². The maximum atomic E-state index is 12.9. The van der Waals surface area contributed by atoms with Crippen LogP contribution in [0.25, 0.3) is 5.65 Å². The average Bonchev–Trinajstić information content (AvgIpc) is 2.91. The quantitative estimate of drug-likeness (QED) is 0.818. The summed E-state index contributed by atoms with van der Waals surface area (Å²) in [6.45, 7) is -0.201. The molecule has 2 aromatic heterocycles. The van der Waals surface area contributed by atoms with Crippen molar-refractivity contribution in [1.82, 2.24) is 19.9 Å². The molecule has 3 rings (SSSR count). The fraction of sp³-hybridized carbons (Fsp3) is 0.467. The van der Waals surface area contributed by atoms with E-state index >= 15 is 0 Å². The van der Waals surface area contributed by atoms with E-state index in [1.165, 1.54) is 0 Å². The lowest BCUT2D eigenvalue weighted by Gasteiger charge is -2.36. The number of fused-ring (bicyclic) bond motifs is 1. The molecule has 0 aromatic carbocycles. The van der Waals surface area contributed by atoms with Crippen molar-refractivity contribution in [2.24, 2.45) is 5.41 Å². The molecule has 26 heavy (non-hydrogen) atoms. The Balaban J connectivity index is 1.76. The predicted octanol–water partition coefficient (Wildman–Crippen LogP) is 2.66. The van der Waals surface area contributed by atoms with E-state index in [0.29, 0.717) is 12.8 Å². The van der Waals surface area contributed by atoms with Crippen LogP contribution in [0.15, 0.2) is 12.3 Å². The Morgan fingerprint density at radius 2 is 2.04 bits per heavy atom. The second kappa shape index (κ2) is 6.42. The highest BCUT2D eigenvalue weighted by molar-refractivity contribution is 6.33. The summed E-state index contributed by atoms with van der Waals surface area (Å²) in [5, 5.41) is 19.0. The van der Waals surface area contributed by atoms with Gasteiger partial charge in [-0.05, 0) is 18.9 Å². The van der Waals surface area contributed by atoms with Crippen molar-refractivity contribution in [3.05, 3.63) is 28.7 Å². The van der Waals surface area contributed by atoms with Crippen LogP contribution in [0.1, 0.15) is 37.1 Å². The molecular formula is C15H14ClF3N4O3. The molecule has 2 N–H and O–H groups in total. The highest BCUT2D eigenvalue weighted by atomic mass is 35.5. The number of carbonyl (C=O) groups excluding carboxylic acids is 1. The highest BCUT2D eigenvalue weighted by Gasteiger charge is 2.45. The fourth-order valence-corrected chi connectivity index (χ4v) is 3.14. The van der Waals surface area contributed by atoms with Crippen LogP contribution < -0.4 is 5.32 Å². The van der Waals surface area contributed by atoms with Crippen molar-refractivity contribution in [2.45, 2.75) is 38.4 Å². The summed E-state index contributed by atoms with van der Waals surface area (Å²) in [5.74, 6) is -1.48. The zero-order chi connectivity index (χ0) is 19.1. The van der Waals surface area contributed by atoms with Crippen LogP contribution in [-0.2, 0) is 22.3 Å². The number of aromatic nitrogens is 3. The molecule has 7 nitrogen and oxygen atoms in total. The maximum Gasteiger partial charge on any atom is 0.417 e. The van der Waals surface area contributed by atoms with E-state index in [2.05, 4.69) is 15.5 Å². The predicted molar refractivity (Wildman–Crippen MR) is 83.4 cm³/mol. The van der Waals surface area contributed by atoms with Gasteiger partial charge in [0.15, 0.2) is 11.5 Å². The van der Waals surface area contributed by atoms with Crippen molar-refractivity contribution < 1.29 is 27.9 Å². The molecule has 11 heteroatoms. The first-order chi connectivity index (χ1) is 12.1. The fourth-order valence-electron chi connectivity index (χ4n) is 2.89. The Kier molecular flexibility index (Phi) is 4.55. The zero-order valence-electron chi connectivity index (χ0n) is 13.3. The van der Waals surface area contributed by atoms with Crippen LogP contribution >= 0.6 is 11.6 Å². The topological polar surface area (TPSA) is 96.6 Å². The molecule has 1 amide bonds. The molecule has 0 aliphatic heterocycles. The molecule has 0 unspecified atom stereocenters. The van der Waals surface area contributed by atoms with E-state index in [-0.39, 0.29) is 29.5 Å². The van der Waals surface area contributed by atoms with E-state index in [9.17, 15) is 27.9 Å². The molecule has 1 fully saturated rings.